The number of rotatable bonds is 3. The van der Waals surface area contributed by atoms with E-state index in [9.17, 15) is 0 Å². The second-order valence-electron chi connectivity index (χ2n) is 2.19. The van der Waals surface area contributed by atoms with Crippen LogP contribution in [0.25, 0.3) is 0 Å². The minimum atomic E-state index is 0.628. The quantitative estimate of drug-likeness (QED) is 0.411. The number of hydrogen-bond acceptors (Lipinski definition) is 6. The van der Waals surface area contributed by atoms with E-state index < -0.39 is 0 Å². The third-order valence-corrected chi connectivity index (χ3v) is 1.86. The lowest BCUT2D eigenvalue weighted by Crippen LogP contribution is -2.02. The average molecular weight is 198 g/mol. The highest BCUT2D eigenvalue weighted by atomic mass is 32.2. The van der Waals surface area contributed by atoms with Crippen molar-refractivity contribution in [1.82, 2.24) is 15.2 Å². The maximum Gasteiger partial charge on any atom is 0.209 e. The van der Waals surface area contributed by atoms with Gasteiger partial charge in [-0.1, -0.05) is 16.9 Å². The van der Waals surface area contributed by atoms with Crippen LogP contribution in [0.5, 0.6) is 0 Å². The Morgan fingerprint density at radius 1 is 1.62 bits per heavy atom. The molecule has 0 saturated heterocycles. The molecule has 1 rings (SSSR count). The maximum absolute atomic E-state index is 4.62. The first kappa shape index (κ1) is 9.91. The molecule has 13 heavy (non-hydrogen) atoms. The Balaban J connectivity index is 2.94. The zero-order valence-electron chi connectivity index (χ0n) is 7.68. The van der Waals surface area contributed by atoms with Crippen LogP contribution in [0.15, 0.2) is 16.5 Å². The Hall–Kier alpha value is -1.17. The lowest BCUT2D eigenvalue weighted by molar-refractivity contribution is 0.213. The molecule has 0 bridgehead atoms. The predicted octanol–water partition coefficient (Wildman–Crippen LogP) is 0.964. The summed E-state index contributed by atoms with van der Waals surface area (Å²) in [5, 5.41) is 12.0. The fourth-order valence-electron chi connectivity index (χ4n) is 0.732. The minimum absolute atomic E-state index is 0.628. The molecule has 0 spiro atoms. The SMILES string of the molecule is CO/N=C(\C)c1cnnc(SC)n1. The van der Waals surface area contributed by atoms with Crippen LogP contribution in [0.3, 0.4) is 0 Å². The Labute approximate surface area is 80.6 Å². The van der Waals surface area contributed by atoms with Crippen molar-refractivity contribution in [3.63, 3.8) is 0 Å². The van der Waals surface area contributed by atoms with E-state index in [1.165, 1.54) is 18.9 Å². The highest BCUT2D eigenvalue weighted by Gasteiger charge is 2.02. The summed E-state index contributed by atoms with van der Waals surface area (Å²) in [4.78, 5) is 8.81. The zero-order valence-corrected chi connectivity index (χ0v) is 8.50. The first-order chi connectivity index (χ1) is 6.27. The van der Waals surface area contributed by atoms with Gasteiger partial charge in [0, 0.05) is 0 Å². The topological polar surface area (TPSA) is 60.3 Å². The van der Waals surface area contributed by atoms with Gasteiger partial charge in [-0.25, -0.2) is 4.98 Å². The number of nitrogens with zero attached hydrogens (tertiary/aromatic N) is 4. The van der Waals surface area contributed by atoms with Crippen LogP contribution >= 0.6 is 11.8 Å². The second-order valence-corrected chi connectivity index (χ2v) is 2.96. The number of oxime groups is 1. The molecule has 0 atom stereocenters. The summed E-state index contributed by atoms with van der Waals surface area (Å²) in [5.41, 5.74) is 1.37. The van der Waals surface area contributed by atoms with E-state index in [1.807, 2.05) is 6.26 Å². The van der Waals surface area contributed by atoms with Gasteiger partial charge in [-0.15, -0.1) is 5.10 Å². The molecule has 0 amide bonds. The van der Waals surface area contributed by atoms with Crippen molar-refractivity contribution < 1.29 is 4.84 Å². The number of hydrogen-bond donors (Lipinski definition) is 0. The van der Waals surface area contributed by atoms with E-state index in [1.54, 1.807) is 13.1 Å². The Morgan fingerprint density at radius 2 is 2.38 bits per heavy atom. The summed E-state index contributed by atoms with van der Waals surface area (Å²) >= 11 is 1.44. The lowest BCUT2D eigenvalue weighted by Gasteiger charge is -1.98. The molecule has 0 saturated carbocycles. The molecule has 1 heterocycles. The van der Waals surface area contributed by atoms with Crippen LogP contribution in [0.4, 0.5) is 0 Å². The van der Waals surface area contributed by atoms with Crippen molar-refractivity contribution in [3.05, 3.63) is 11.9 Å². The fraction of sp³-hybridized carbons (Fsp3) is 0.429. The van der Waals surface area contributed by atoms with E-state index in [2.05, 4.69) is 25.2 Å². The van der Waals surface area contributed by atoms with Crippen molar-refractivity contribution in [1.29, 1.82) is 0 Å². The van der Waals surface area contributed by atoms with Crippen molar-refractivity contribution in [2.24, 2.45) is 5.16 Å². The number of thioether (sulfide) groups is 1. The van der Waals surface area contributed by atoms with Crippen LogP contribution in [0.2, 0.25) is 0 Å². The van der Waals surface area contributed by atoms with Gasteiger partial charge < -0.3 is 4.84 Å². The molecule has 70 valence electrons. The Morgan fingerprint density at radius 3 is 3.00 bits per heavy atom. The summed E-state index contributed by atoms with van der Waals surface area (Å²) < 4.78 is 0. The third-order valence-electron chi connectivity index (χ3n) is 1.32. The van der Waals surface area contributed by atoms with E-state index in [-0.39, 0.29) is 0 Å². The molecule has 0 aliphatic heterocycles. The van der Waals surface area contributed by atoms with E-state index in [4.69, 9.17) is 0 Å². The van der Waals surface area contributed by atoms with Crippen LogP contribution < -0.4 is 0 Å². The highest BCUT2D eigenvalue weighted by Crippen LogP contribution is 2.06. The Kier molecular flexibility index (Phi) is 3.63. The van der Waals surface area contributed by atoms with Crippen molar-refractivity contribution >= 4 is 17.5 Å². The highest BCUT2D eigenvalue weighted by molar-refractivity contribution is 7.98. The molecule has 0 N–H and O–H groups in total. The van der Waals surface area contributed by atoms with Gasteiger partial charge in [-0.3, -0.25) is 0 Å². The summed E-state index contributed by atoms with van der Waals surface area (Å²) in [6.07, 6.45) is 3.45. The lowest BCUT2D eigenvalue weighted by atomic mass is 10.3. The largest absolute Gasteiger partial charge is 0.399 e. The summed E-state index contributed by atoms with van der Waals surface area (Å²) in [5.74, 6) is 0. The average Bonchev–Trinajstić information content (AvgIpc) is 2.18. The van der Waals surface area contributed by atoms with Gasteiger partial charge in [0.25, 0.3) is 0 Å². The standard InChI is InChI=1S/C7H10N4OS/c1-5(11-12-2)6-4-8-10-7(9-6)13-3/h4H,1-3H3/b11-5+. The van der Waals surface area contributed by atoms with E-state index in [0.717, 1.165) is 0 Å². The normalized spacial score (nSPS) is 11.5. The van der Waals surface area contributed by atoms with E-state index in [0.29, 0.717) is 16.6 Å². The van der Waals surface area contributed by atoms with Gasteiger partial charge in [-0.2, -0.15) is 5.10 Å². The van der Waals surface area contributed by atoms with Crippen LogP contribution in [0.1, 0.15) is 12.6 Å². The van der Waals surface area contributed by atoms with Crippen LogP contribution in [0, 0.1) is 0 Å². The first-order valence-corrected chi connectivity index (χ1v) is 4.82. The third kappa shape index (κ3) is 2.66. The molecule has 0 aromatic carbocycles. The maximum atomic E-state index is 4.62. The molecule has 0 aliphatic rings. The molecule has 0 aliphatic carbocycles. The molecule has 0 fully saturated rings. The smallest absolute Gasteiger partial charge is 0.209 e. The van der Waals surface area contributed by atoms with Crippen molar-refractivity contribution in [2.45, 2.75) is 12.1 Å². The summed E-state index contributed by atoms with van der Waals surface area (Å²) in [6, 6.07) is 0. The summed E-state index contributed by atoms with van der Waals surface area (Å²) in [7, 11) is 1.49. The van der Waals surface area contributed by atoms with Gasteiger partial charge >= 0.3 is 0 Å². The van der Waals surface area contributed by atoms with Crippen molar-refractivity contribution in [3.8, 4) is 0 Å². The van der Waals surface area contributed by atoms with Gasteiger partial charge in [0.2, 0.25) is 5.16 Å². The monoisotopic (exact) mass is 198 g/mol. The second kappa shape index (κ2) is 4.76. The molecule has 0 radical (unpaired) electrons. The van der Waals surface area contributed by atoms with Gasteiger partial charge in [0.15, 0.2) is 0 Å². The summed E-state index contributed by atoms with van der Waals surface area (Å²) in [6.45, 7) is 1.80. The molecule has 6 heteroatoms. The first-order valence-electron chi connectivity index (χ1n) is 3.59. The number of aromatic nitrogens is 3. The van der Waals surface area contributed by atoms with Gasteiger partial charge in [0.05, 0.1) is 6.20 Å². The molecule has 1 aromatic rings. The van der Waals surface area contributed by atoms with Crippen molar-refractivity contribution in [2.75, 3.05) is 13.4 Å². The molecule has 0 unspecified atom stereocenters. The van der Waals surface area contributed by atoms with E-state index >= 15 is 0 Å². The molecular formula is C7H10N4OS. The molecule has 5 nitrogen and oxygen atoms in total. The zero-order chi connectivity index (χ0) is 9.68. The fourth-order valence-corrected chi connectivity index (χ4v) is 1.05. The van der Waals surface area contributed by atoms with Crippen LogP contribution in [-0.4, -0.2) is 34.3 Å². The molecular weight excluding hydrogens is 188 g/mol. The Bertz CT molecular complexity index is 315. The van der Waals surface area contributed by atoms with Gasteiger partial charge in [0.1, 0.15) is 18.5 Å². The molecule has 1 aromatic heterocycles. The van der Waals surface area contributed by atoms with Gasteiger partial charge in [-0.05, 0) is 13.2 Å². The minimum Gasteiger partial charge on any atom is -0.399 e. The predicted molar refractivity (Wildman–Crippen MR) is 50.8 cm³/mol. The van der Waals surface area contributed by atoms with Crippen LogP contribution in [-0.2, 0) is 4.84 Å².